The molecule has 1 N–H and O–H groups in total. The third kappa shape index (κ3) is 5.47. The summed E-state index contributed by atoms with van der Waals surface area (Å²) in [5.41, 5.74) is -4.26. The molecule has 0 aromatic heterocycles. The van der Waals surface area contributed by atoms with Crippen LogP contribution in [0.5, 0.6) is 0 Å². The second kappa shape index (κ2) is 8.76. The summed E-state index contributed by atoms with van der Waals surface area (Å²) in [4.78, 5) is 11.0. The minimum atomic E-state index is -5.16. The predicted molar refractivity (Wildman–Crippen MR) is 100 cm³/mol. The Morgan fingerprint density at radius 1 is 1.07 bits per heavy atom. The molecule has 0 spiro atoms. The SMILES string of the molecule is O=C(O)c1ccc(C(F)=CC(c2cc(Cl)c(Cl)c(Br)c2)C(F)(F)F)cc1C(F)(F)F. The molecule has 30 heavy (non-hydrogen) atoms. The number of carbonyl (C=O) groups is 1. The zero-order valence-corrected chi connectivity index (χ0v) is 17.3. The van der Waals surface area contributed by atoms with Crippen LogP contribution in [0.15, 0.2) is 40.9 Å². The van der Waals surface area contributed by atoms with Crippen LogP contribution in [-0.2, 0) is 6.18 Å². The van der Waals surface area contributed by atoms with E-state index < -0.39 is 52.3 Å². The van der Waals surface area contributed by atoms with Gasteiger partial charge in [0, 0.05) is 10.0 Å². The maximum Gasteiger partial charge on any atom is 0.417 e. The van der Waals surface area contributed by atoms with Crippen molar-refractivity contribution in [3.8, 4) is 0 Å². The van der Waals surface area contributed by atoms with Gasteiger partial charge in [-0.05, 0) is 51.8 Å². The molecule has 0 heterocycles. The maximum atomic E-state index is 14.6. The third-order valence-corrected chi connectivity index (χ3v) is 5.52. The number of carboxylic acids is 1. The lowest BCUT2D eigenvalue weighted by atomic mass is 9.95. The fourth-order valence-electron chi connectivity index (χ4n) is 2.49. The summed E-state index contributed by atoms with van der Waals surface area (Å²) in [5, 5.41) is 8.51. The van der Waals surface area contributed by atoms with Gasteiger partial charge in [0.05, 0.1) is 21.2 Å². The molecule has 2 aromatic rings. The van der Waals surface area contributed by atoms with Gasteiger partial charge in [0.2, 0.25) is 0 Å². The summed E-state index contributed by atoms with van der Waals surface area (Å²) in [6.45, 7) is 0. The van der Waals surface area contributed by atoms with E-state index in [1.165, 1.54) is 0 Å². The Morgan fingerprint density at radius 2 is 1.67 bits per heavy atom. The molecule has 0 aliphatic heterocycles. The van der Waals surface area contributed by atoms with Crippen LogP contribution in [0, 0.1) is 0 Å². The molecule has 0 radical (unpaired) electrons. The van der Waals surface area contributed by atoms with Crippen molar-refractivity contribution < 1.29 is 40.6 Å². The highest BCUT2D eigenvalue weighted by molar-refractivity contribution is 9.10. The molecule has 0 aliphatic carbocycles. The Hall–Kier alpha value is -1.78. The van der Waals surface area contributed by atoms with Gasteiger partial charge in [-0.2, -0.15) is 26.3 Å². The zero-order valence-electron chi connectivity index (χ0n) is 14.2. The number of aromatic carboxylic acids is 1. The van der Waals surface area contributed by atoms with Crippen LogP contribution in [0.25, 0.3) is 5.83 Å². The van der Waals surface area contributed by atoms with Crippen LogP contribution in [0.4, 0.5) is 30.7 Å². The molecule has 0 amide bonds. The Labute approximate surface area is 183 Å². The average molecular weight is 540 g/mol. The first kappa shape index (κ1) is 24.5. The number of allylic oxidation sites excluding steroid dienone is 1. The van der Waals surface area contributed by atoms with Crippen molar-refractivity contribution in [1.29, 1.82) is 0 Å². The number of alkyl halides is 6. The van der Waals surface area contributed by atoms with Crippen molar-refractivity contribution in [2.45, 2.75) is 18.3 Å². The van der Waals surface area contributed by atoms with E-state index in [2.05, 4.69) is 15.9 Å². The molecule has 162 valence electrons. The minimum Gasteiger partial charge on any atom is -0.478 e. The first-order chi connectivity index (χ1) is 13.6. The molecular weight excluding hydrogens is 532 g/mol. The zero-order chi connectivity index (χ0) is 23.0. The van der Waals surface area contributed by atoms with E-state index in [9.17, 15) is 35.5 Å². The summed E-state index contributed by atoms with van der Waals surface area (Å²) in [7, 11) is 0. The second-order valence-electron chi connectivity index (χ2n) is 5.90. The number of rotatable bonds is 4. The van der Waals surface area contributed by atoms with E-state index in [1.54, 1.807) is 0 Å². The topological polar surface area (TPSA) is 37.3 Å². The van der Waals surface area contributed by atoms with Crippen molar-refractivity contribution in [3.63, 3.8) is 0 Å². The van der Waals surface area contributed by atoms with Gasteiger partial charge >= 0.3 is 18.3 Å². The monoisotopic (exact) mass is 538 g/mol. The molecule has 2 nitrogen and oxygen atoms in total. The number of benzene rings is 2. The third-order valence-electron chi connectivity index (χ3n) is 3.86. The average Bonchev–Trinajstić information content (AvgIpc) is 2.61. The largest absolute Gasteiger partial charge is 0.478 e. The van der Waals surface area contributed by atoms with Crippen LogP contribution >= 0.6 is 39.1 Å². The van der Waals surface area contributed by atoms with Gasteiger partial charge < -0.3 is 5.11 Å². The lowest BCUT2D eigenvalue weighted by molar-refractivity contribution is -0.140. The lowest BCUT2D eigenvalue weighted by Crippen LogP contribution is -2.19. The number of carboxylic acid groups (broad SMARTS) is 1. The molecule has 0 fully saturated rings. The second-order valence-corrected chi connectivity index (χ2v) is 7.54. The lowest BCUT2D eigenvalue weighted by Gasteiger charge is -2.19. The van der Waals surface area contributed by atoms with Crippen molar-refractivity contribution in [1.82, 2.24) is 0 Å². The van der Waals surface area contributed by atoms with Crippen LogP contribution < -0.4 is 0 Å². The molecule has 2 aromatic carbocycles. The molecule has 2 rings (SSSR count). The summed E-state index contributed by atoms with van der Waals surface area (Å²) in [6, 6.07) is 3.04. The van der Waals surface area contributed by atoms with E-state index in [1.807, 2.05) is 0 Å². The van der Waals surface area contributed by atoms with E-state index in [-0.39, 0.29) is 26.7 Å². The highest BCUT2D eigenvalue weighted by Gasteiger charge is 2.41. The summed E-state index contributed by atoms with van der Waals surface area (Å²) in [5.74, 6) is -6.13. The van der Waals surface area contributed by atoms with Gasteiger partial charge in [0.15, 0.2) is 0 Å². The first-order valence-corrected chi connectivity index (χ1v) is 9.21. The summed E-state index contributed by atoms with van der Waals surface area (Å²) in [6.07, 6.45) is -10.1. The molecular formula is C18H8BrCl2F7O2. The van der Waals surface area contributed by atoms with Crippen LogP contribution in [0.1, 0.15) is 33.0 Å². The number of hydrogen-bond acceptors (Lipinski definition) is 1. The number of halogens is 10. The number of hydrogen-bond donors (Lipinski definition) is 1. The molecule has 0 saturated heterocycles. The van der Waals surface area contributed by atoms with E-state index >= 15 is 0 Å². The fourth-order valence-corrected chi connectivity index (χ4v) is 3.42. The van der Waals surface area contributed by atoms with Crippen molar-refractivity contribution in [2.24, 2.45) is 0 Å². The van der Waals surface area contributed by atoms with Gasteiger partial charge in [-0.3, -0.25) is 0 Å². The molecule has 1 unspecified atom stereocenters. The summed E-state index contributed by atoms with van der Waals surface area (Å²) >= 11 is 14.4. The smallest absolute Gasteiger partial charge is 0.417 e. The Kier molecular flexibility index (Phi) is 7.15. The first-order valence-electron chi connectivity index (χ1n) is 7.66. The van der Waals surface area contributed by atoms with Gasteiger partial charge in [0.25, 0.3) is 0 Å². The van der Waals surface area contributed by atoms with Crippen molar-refractivity contribution in [3.05, 3.63) is 73.2 Å². The quantitative estimate of drug-likeness (QED) is 0.314. The highest BCUT2D eigenvalue weighted by atomic mass is 79.9. The molecule has 0 aliphatic rings. The maximum absolute atomic E-state index is 14.6. The van der Waals surface area contributed by atoms with Gasteiger partial charge in [0.1, 0.15) is 11.7 Å². The van der Waals surface area contributed by atoms with Crippen LogP contribution in [0.2, 0.25) is 10.0 Å². The van der Waals surface area contributed by atoms with E-state index in [4.69, 9.17) is 28.3 Å². The molecule has 12 heteroatoms. The molecule has 1 atom stereocenters. The van der Waals surface area contributed by atoms with Crippen molar-refractivity contribution in [2.75, 3.05) is 0 Å². The normalized spacial score (nSPS) is 14.0. The van der Waals surface area contributed by atoms with Crippen LogP contribution in [-0.4, -0.2) is 17.3 Å². The Morgan fingerprint density at radius 3 is 2.13 bits per heavy atom. The standard InChI is InChI=1S/C18H8BrCl2F7O2/c19-12-4-8(5-13(20)15(12)21)10(17(23,24)25)6-14(22)7-1-2-9(16(29)30)11(3-7)18(26,27)28/h1-6,10H,(H,29,30). The van der Waals surface area contributed by atoms with Crippen molar-refractivity contribution >= 4 is 50.9 Å². The van der Waals surface area contributed by atoms with Crippen LogP contribution in [0.3, 0.4) is 0 Å². The highest BCUT2D eigenvalue weighted by Crippen LogP contribution is 2.42. The van der Waals surface area contributed by atoms with Gasteiger partial charge in [-0.15, -0.1) is 0 Å². The molecule has 0 bridgehead atoms. The van der Waals surface area contributed by atoms with E-state index in [0.29, 0.717) is 12.1 Å². The Bertz CT molecular complexity index is 994. The fraction of sp³-hybridized carbons (Fsp3) is 0.167. The van der Waals surface area contributed by atoms with Gasteiger partial charge in [-0.25, -0.2) is 9.18 Å². The van der Waals surface area contributed by atoms with E-state index in [0.717, 1.165) is 12.1 Å². The minimum absolute atomic E-state index is 0.0000985. The summed E-state index contributed by atoms with van der Waals surface area (Å²) < 4.78 is 94.4. The van der Waals surface area contributed by atoms with Gasteiger partial charge in [-0.1, -0.05) is 29.3 Å². The molecule has 0 saturated carbocycles. The Balaban J connectivity index is 2.62. The predicted octanol–water partition coefficient (Wildman–Crippen LogP) is 8.13.